The van der Waals surface area contributed by atoms with Crippen LogP contribution in [-0.4, -0.2) is 18.0 Å². The van der Waals surface area contributed by atoms with E-state index < -0.39 is 0 Å². The molecule has 2 aliphatic rings. The fourth-order valence-electron chi connectivity index (χ4n) is 3.25. The van der Waals surface area contributed by atoms with E-state index in [1.807, 2.05) is 0 Å². The van der Waals surface area contributed by atoms with Crippen LogP contribution in [0.4, 0.5) is 0 Å². The smallest absolute Gasteiger partial charge is 0.206 e. The molecule has 2 aliphatic carbocycles. The van der Waals surface area contributed by atoms with Gasteiger partial charge in [0.25, 0.3) is 0 Å². The number of hydrogen-bond donors (Lipinski definition) is 3. The van der Waals surface area contributed by atoms with Crippen molar-refractivity contribution in [2.75, 3.05) is 0 Å². The molecule has 0 aromatic heterocycles. The van der Waals surface area contributed by atoms with Gasteiger partial charge in [-0.25, -0.2) is 10.8 Å². The molecule has 1 atom stereocenters. The Labute approximate surface area is 111 Å². The predicted molar refractivity (Wildman–Crippen MR) is 76.2 cm³/mol. The van der Waals surface area contributed by atoms with Crippen LogP contribution in [0, 0.1) is 5.41 Å². The lowest BCUT2D eigenvalue weighted by Gasteiger charge is -2.36. The summed E-state index contributed by atoms with van der Waals surface area (Å²) in [6.07, 6.45) is 10.2. The fourth-order valence-corrected chi connectivity index (χ4v) is 3.25. The van der Waals surface area contributed by atoms with Crippen molar-refractivity contribution in [3.05, 3.63) is 0 Å². The van der Waals surface area contributed by atoms with Gasteiger partial charge in [0.15, 0.2) is 0 Å². The number of aliphatic imine (C=N–C) groups is 1. The summed E-state index contributed by atoms with van der Waals surface area (Å²) in [5.41, 5.74) is 3.06. The summed E-state index contributed by atoms with van der Waals surface area (Å²) in [4.78, 5) is 4.84. The van der Waals surface area contributed by atoms with Crippen molar-refractivity contribution in [1.82, 2.24) is 10.7 Å². The zero-order valence-corrected chi connectivity index (χ0v) is 11.8. The molecule has 0 aromatic carbocycles. The van der Waals surface area contributed by atoms with Crippen LogP contribution in [0.3, 0.4) is 0 Å². The lowest BCUT2D eigenvalue weighted by atomic mass is 9.73. The van der Waals surface area contributed by atoms with E-state index in [4.69, 9.17) is 10.8 Å². The quantitative estimate of drug-likeness (QED) is 0.306. The number of hydrogen-bond acceptors (Lipinski definition) is 2. The van der Waals surface area contributed by atoms with Gasteiger partial charge in [0.2, 0.25) is 5.96 Å². The summed E-state index contributed by atoms with van der Waals surface area (Å²) in [6.45, 7) is 4.65. The average Bonchev–Trinajstić information content (AvgIpc) is 2.83. The van der Waals surface area contributed by atoms with Crippen LogP contribution in [-0.2, 0) is 0 Å². The van der Waals surface area contributed by atoms with Gasteiger partial charge in [-0.1, -0.05) is 39.5 Å². The zero-order chi connectivity index (χ0) is 13.0. The van der Waals surface area contributed by atoms with Gasteiger partial charge >= 0.3 is 0 Å². The molecule has 0 spiro atoms. The van der Waals surface area contributed by atoms with Crippen molar-refractivity contribution < 1.29 is 0 Å². The van der Waals surface area contributed by atoms with E-state index in [0.29, 0.717) is 17.5 Å². The fraction of sp³-hybridized carbons (Fsp3) is 0.929. The van der Waals surface area contributed by atoms with E-state index in [-0.39, 0.29) is 0 Å². The second-order valence-electron chi connectivity index (χ2n) is 6.50. The van der Waals surface area contributed by atoms with Gasteiger partial charge in [-0.3, -0.25) is 5.43 Å². The third kappa shape index (κ3) is 3.37. The van der Waals surface area contributed by atoms with Gasteiger partial charge in [0.1, 0.15) is 0 Å². The SMILES string of the molecule is CC1(C)CCCCC1N=C(NN)NC1CCCC1. The Bertz CT molecular complexity index is 292. The van der Waals surface area contributed by atoms with Crippen molar-refractivity contribution in [3.63, 3.8) is 0 Å². The van der Waals surface area contributed by atoms with E-state index >= 15 is 0 Å². The van der Waals surface area contributed by atoms with E-state index in [9.17, 15) is 0 Å². The maximum absolute atomic E-state index is 5.61. The highest BCUT2D eigenvalue weighted by atomic mass is 15.3. The maximum Gasteiger partial charge on any atom is 0.206 e. The van der Waals surface area contributed by atoms with Crippen molar-refractivity contribution in [3.8, 4) is 0 Å². The lowest BCUT2D eigenvalue weighted by molar-refractivity contribution is 0.203. The normalized spacial score (nSPS) is 29.3. The highest BCUT2D eigenvalue weighted by Gasteiger charge is 2.32. The molecule has 104 valence electrons. The number of rotatable bonds is 2. The molecule has 2 rings (SSSR count). The molecule has 0 saturated heterocycles. The molecule has 0 bridgehead atoms. The van der Waals surface area contributed by atoms with E-state index in [0.717, 1.165) is 5.96 Å². The second kappa shape index (κ2) is 5.91. The summed E-state index contributed by atoms with van der Waals surface area (Å²) in [5.74, 6) is 6.41. The highest BCUT2D eigenvalue weighted by molar-refractivity contribution is 5.79. The zero-order valence-electron chi connectivity index (χ0n) is 11.8. The molecular weight excluding hydrogens is 224 g/mol. The van der Waals surface area contributed by atoms with Crippen molar-refractivity contribution in [2.24, 2.45) is 16.3 Å². The minimum absolute atomic E-state index is 0.303. The molecule has 1 unspecified atom stereocenters. The van der Waals surface area contributed by atoms with Crippen LogP contribution >= 0.6 is 0 Å². The Kier molecular flexibility index (Phi) is 4.49. The van der Waals surface area contributed by atoms with E-state index in [1.54, 1.807) is 0 Å². The van der Waals surface area contributed by atoms with Crippen LogP contribution in [0.1, 0.15) is 65.2 Å². The molecular formula is C14H28N4. The van der Waals surface area contributed by atoms with Gasteiger partial charge in [0, 0.05) is 6.04 Å². The van der Waals surface area contributed by atoms with Crippen molar-refractivity contribution in [2.45, 2.75) is 77.3 Å². The molecule has 4 heteroatoms. The van der Waals surface area contributed by atoms with Crippen LogP contribution in [0.2, 0.25) is 0 Å². The Morgan fingerprint density at radius 3 is 2.39 bits per heavy atom. The standard InChI is InChI=1S/C14H28N4/c1-14(2)10-6-5-9-12(14)17-13(18-15)16-11-7-3-4-8-11/h11-12H,3-10,15H2,1-2H3,(H2,16,17,18). The number of nitrogens with two attached hydrogens (primary N) is 1. The summed E-state index contributed by atoms with van der Waals surface area (Å²) >= 11 is 0. The first-order valence-corrected chi connectivity index (χ1v) is 7.43. The summed E-state index contributed by atoms with van der Waals surface area (Å²) in [5, 5.41) is 3.46. The van der Waals surface area contributed by atoms with Crippen molar-refractivity contribution >= 4 is 5.96 Å². The second-order valence-corrected chi connectivity index (χ2v) is 6.50. The highest BCUT2D eigenvalue weighted by Crippen LogP contribution is 2.37. The molecule has 0 aromatic rings. The Hall–Kier alpha value is -0.770. The Morgan fingerprint density at radius 2 is 1.78 bits per heavy atom. The maximum atomic E-state index is 5.61. The molecule has 4 N–H and O–H groups in total. The van der Waals surface area contributed by atoms with Gasteiger partial charge < -0.3 is 5.32 Å². The van der Waals surface area contributed by atoms with Crippen molar-refractivity contribution in [1.29, 1.82) is 0 Å². The van der Waals surface area contributed by atoms with E-state index in [1.165, 1.54) is 51.4 Å². The number of hydrazine groups is 1. The number of guanidine groups is 1. The van der Waals surface area contributed by atoms with Crippen LogP contribution in [0.25, 0.3) is 0 Å². The average molecular weight is 252 g/mol. The predicted octanol–water partition coefficient (Wildman–Crippen LogP) is 2.31. The van der Waals surface area contributed by atoms with Gasteiger partial charge in [0.05, 0.1) is 6.04 Å². The minimum Gasteiger partial charge on any atom is -0.353 e. The summed E-state index contributed by atoms with van der Waals surface area (Å²) < 4.78 is 0. The molecule has 0 aliphatic heterocycles. The molecule has 2 fully saturated rings. The third-order valence-electron chi connectivity index (χ3n) is 4.57. The molecule has 18 heavy (non-hydrogen) atoms. The summed E-state index contributed by atoms with van der Waals surface area (Å²) in [6, 6.07) is 0.956. The first-order chi connectivity index (χ1) is 8.62. The third-order valence-corrected chi connectivity index (χ3v) is 4.57. The monoisotopic (exact) mass is 252 g/mol. The lowest BCUT2D eigenvalue weighted by Crippen LogP contribution is -2.47. The van der Waals surface area contributed by atoms with Crippen LogP contribution in [0.5, 0.6) is 0 Å². The van der Waals surface area contributed by atoms with Crippen LogP contribution in [0.15, 0.2) is 4.99 Å². The first-order valence-electron chi connectivity index (χ1n) is 7.43. The van der Waals surface area contributed by atoms with Gasteiger partial charge in [-0.05, 0) is 31.1 Å². The molecule has 4 nitrogen and oxygen atoms in total. The Morgan fingerprint density at radius 1 is 1.11 bits per heavy atom. The molecule has 0 radical (unpaired) electrons. The van der Waals surface area contributed by atoms with Gasteiger partial charge in [-0.2, -0.15) is 0 Å². The first kappa shape index (κ1) is 13.7. The van der Waals surface area contributed by atoms with Gasteiger partial charge in [-0.15, -0.1) is 0 Å². The number of nitrogens with zero attached hydrogens (tertiary/aromatic N) is 1. The molecule has 0 amide bonds. The largest absolute Gasteiger partial charge is 0.353 e. The topological polar surface area (TPSA) is 62.4 Å². The molecule has 0 heterocycles. The van der Waals surface area contributed by atoms with E-state index in [2.05, 4.69) is 24.6 Å². The Balaban J connectivity index is 1.98. The minimum atomic E-state index is 0.303. The summed E-state index contributed by atoms with van der Waals surface area (Å²) in [7, 11) is 0. The molecule has 2 saturated carbocycles. The number of nitrogens with one attached hydrogen (secondary N) is 2. The van der Waals surface area contributed by atoms with Crippen LogP contribution < -0.4 is 16.6 Å².